The monoisotopic (exact) mass is 317 g/mol. The minimum Gasteiger partial charge on any atom is -0.335 e. The summed E-state index contributed by atoms with van der Waals surface area (Å²) in [5.74, 6) is 0.0121. The van der Waals surface area contributed by atoms with Crippen molar-refractivity contribution in [2.75, 3.05) is 32.7 Å². The minimum atomic E-state index is 0.0121. The molecule has 22 heavy (non-hydrogen) atoms. The van der Waals surface area contributed by atoms with E-state index in [0.717, 1.165) is 50.0 Å². The SMILES string of the molecule is CCCN1CCN(C(=O)c2ccc3ccc(Cl)cc3n2)CC1. The van der Waals surface area contributed by atoms with E-state index in [0.29, 0.717) is 10.7 Å². The maximum absolute atomic E-state index is 12.6. The number of pyridine rings is 1. The second kappa shape index (κ2) is 6.63. The molecule has 0 radical (unpaired) electrons. The lowest BCUT2D eigenvalue weighted by atomic mass is 10.2. The maximum atomic E-state index is 12.6. The number of piperazine rings is 1. The molecule has 0 bridgehead atoms. The highest BCUT2D eigenvalue weighted by atomic mass is 35.5. The van der Waals surface area contributed by atoms with Crippen molar-refractivity contribution < 1.29 is 4.79 Å². The minimum absolute atomic E-state index is 0.0121. The van der Waals surface area contributed by atoms with E-state index in [1.165, 1.54) is 0 Å². The fraction of sp³-hybridized carbons (Fsp3) is 0.412. The van der Waals surface area contributed by atoms with Crippen molar-refractivity contribution >= 4 is 28.4 Å². The molecular formula is C17H20ClN3O. The van der Waals surface area contributed by atoms with Crippen molar-refractivity contribution in [3.63, 3.8) is 0 Å². The lowest BCUT2D eigenvalue weighted by Gasteiger charge is -2.34. The van der Waals surface area contributed by atoms with Crippen LogP contribution < -0.4 is 0 Å². The second-order valence-corrected chi connectivity index (χ2v) is 6.10. The highest BCUT2D eigenvalue weighted by Crippen LogP contribution is 2.19. The summed E-state index contributed by atoms with van der Waals surface area (Å²) in [6, 6.07) is 9.28. The molecule has 116 valence electrons. The Morgan fingerprint density at radius 3 is 2.64 bits per heavy atom. The molecule has 4 nitrogen and oxygen atoms in total. The number of hydrogen-bond acceptors (Lipinski definition) is 3. The van der Waals surface area contributed by atoms with E-state index in [9.17, 15) is 4.79 Å². The van der Waals surface area contributed by atoms with Gasteiger partial charge in [-0.3, -0.25) is 9.69 Å². The molecule has 0 spiro atoms. The fourth-order valence-electron chi connectivity index (χ4n) is 2.86. The van der Waals surface area contributed by atoms with Gasteiger partial charge in [0, 0.05) is 36.6 Å². The summed E-state index contributed by atoms with van der Waals surface area (Å²) >= 11 is 6.00. The van der Waals surface area contributed by atoms with Gasteiger partial charge in [0.2, 0.25) is 0 Å². The molecule has 2 heterocycles. The lowest BCUT2D eigenvalue weighted by molar-refractivity contribution is 0.0632. The van der Waals surface area contributed by atoms with E-state index in [4.69, 9.17) is 11.6 Å². The molecule has 5 heteroatoms. The van der Waals surface area contributed by atoms with Crippen LogP contribution in [0.3, 0.4) is 0 Å². The Morgan fingerprint density at radius 2 is 1.91 bits per heavy atom. The molecule has 1 saturated heterocycles. The topological polar surface area (TPSA) is 36.4 Å². The maximum Gasteiger partial charge on any atom is 0.272 e. The smallest absolute Gasteiger partial charge is 0.272 e. The molecule has 1 aliphatic rings. The van der Waals surface area contributed by atoms with Crippen molar-refractivity contribution in [2.45, 2.75) is 13.3 Å². The number of amides is 1. The van der Waals surface area contributed by atoms with Crippen LogP contribution in [0.2, 0.25) is 5.02 Å². The third-order valence-corrected chi connectivity index (χ3v) is 4.31. The molecule has 1 fully saturated rings. The number of halogens is 1. The van der Waals surface area contributed by atoms with Gasteiger partial charge >= 0.3 is 0 Å². The van der Waals surface area contributed by atoms with Gasteiger partial charge in [0.15, 0.2) is 0 Å². The van der Waals surface area contributed by atoms with Gasteiger partial charge in [0.05, 0.1) is 5.52 Å². The van der Waals surface area contributed by atoms with E-state index in [2.05, 4.69) is 16.8 Å². The molecule has 2 aromatic rings. The summed E-state index contributed by atoms with van der Waals surface area (Å²) in [6.45, 7) is 6.72. The molecule has 3 rings (SSSR count). The zero-order valence-corrected chi connectivity index (χ0v) is 13.5. The fourth-order valence-corrected chi connectivity index (χ4v) is 3.03. The van der Waals surface area contributed by atoms with Crippen LogP contribution in [0.25, 0.3) is 10.9 Å². The summed E-state index contributed by atoms with van der Waals surface area (Å²) in [7, 11) is 0. The Bertz CT molecular complexity index is 681. The number of fused-ring (bicyclic) bond motifs is 1. The standard InChI is InChI=1S/C17H20ClN3O/c1-2-7-20-8-10-21(11-9-20)17(22)15-6-4-13-3-5-14(18)12-16(13)19-15/h3-6,12H,2,7-11H2,1H3. The molecular weight excluding hydrogens is 298 g/mol. The van der Waals surface area contributed by atoms with Crippen LogP contribution in [0.15, 0.2) is 30.3 Å². The summed E-state index contributed by atoms with van der Waals surface area (Å²) in [5.41, 5.74) is 1.27. The Labute approximate surface area is 135 Å². The largest absolute Gasteiger partial charge is 0.335 e. The molecule has 1 aromatic carbocycles. The Balaban J connectivity index is 1.75. The molecule has 0 atom stereocenters. The van der Waals surface area contributed by atoms with Crippen LogP contribution in [0, 0.1) is 0 Å². The van der Waals surface area contributed by atoms with E-state index >= 15 is 0 Å². The number of benzene rings is 1. The quantitative estimate of drug-likeness (QED) is 0.873. The summed E-state index contributed by atoms with van der Waals surface area (Å²) < 4.78 is 0. The van der Waals surface area contributed by atoms with Crippen LogP contribution in [0.5, 0.6) is 0 Å². The predicted octanol–water partition coefficient (Wildman–Crippen LogP) is 3.06. The Kier molecular flexibility index (Phi) is 4.60. The number of carbonyl (C=O) groups is 1. The Morgan fingerprint density at radius 1 is 1.18 bits per heavy atom. The number of aromatic nitrogens is 1. The molecule has 0 N–H and O–H groups in total. The number of carbonyl (C=O) groups excluding carboxylic acids is 1. The third kappa shape index (κ3) is 3.23. The van der Waals surface area contributed by atoms with Crippen molar-refractivity contribution in [3.8, 4) is 0 Å². The van der Waals surface area contributed by atoms with E-state index in [1.54, 1.807) is 12.1 Å². The van der Waals surface area contributed by atoms with Crippen LogP contribution in [0.4, 0.5) is 0 Å². The normalized spacial score (nSPS) is 16.2. The Hall–Kier alpha value is -1.65. The van der Waals surface area contributed by atoms with Crippen LogP contribution in [0.1, 0.15) is 23.8 Å². The van der Waals surface area contributed by atoms with Gasteiger partial charge in [-0.05, 0) is 31.2 Å². The van der Waals surface area contributed by atoms with Crippen molar-refractivity contribution in [1.82, 2.24) is 14.8 Å². The van der Waals surface area contributed by atoms with Gasteiger partial charge in [-0.15, -0.1) is 0 Å². The van der Waals surface area contributed by atoms with Crippen molar-refractivity contribution in [2.24, 2.45) is 0 Å². The zero-order chi connectivity index (χ0) is 15.5. The number of hydrogen-bond donors (Lipinski definition) is 0. The summed E-state index contributed by atoms with van der Waals surface area (Å²) in [4.78, 5) is 21.4. The van der Waals surface area contributed by atoms with Crippen LogP contribution in [-0.2, 0) is 0 Å². The van der Waals surface area contributed by atoms with Gasteiger partial charge < -0.3 is 4.90 Å². The molecule has 0 saturated carbocycles. The van der Waals surface area contributed by atoms with Gasteiger partial charge in [0.1, 0.15) is 5.69 Å². The first-order chi connectivity index (χ1) is 10.7. The lowest BCUT2D eigenvalue weighted by Crippen LogP contribution is -2.48. The van der Waals surface area contributed by atoms with Gasteiger partial charge in [-0.1, -0.05) is 30.7 Å². The molecule has 0 unspecified atom stereocenters. The van der Waals surface area contributed by atoms with Gasteiger partial charge in [-0.25, -0.2) is 4.98 Å². The van der Waals surface area contributed by atoms with Crippen molar-refractivity contribution in [3.05, 3.63) is 41.0 Å². The second-order valence-electron chi connectivity index (χ2n) is 5.67. The molecule has 1 aliphatic heterocycles. The average molecular weight is 318 g/mol. The first-order valence-electron chi connectivity index (χ1n) is 7.75. The third-order valence-electron chi connectivity index (χ3n) is 4.07. The highest BCUT2D eigenvalue weighted by Gasteiger charge is 2.22. The van der Waals surface area contributed by atoms with Crippen molar-refractivity contribution in [1.29, 1.82) is 0 Å². The summed E-state index contributed by atoms with van der Waals surface area (Å²) in [6.07, 6.45) is 1.15. The molecule has 1 aromatic heterocycles. The van der Waals surface area contributed by atoms with Gasteiger partial charge in [-0.2, -0.15) is 0 Å². The van der Waals surface area contributed by atoms with E-state index < -0.39 is 0 Å². The highest BCUT2D eigenvalue weighted by molar-refractivity contribution is 6.31. The predicted molar refractivity (Wildman–Crippen MR) is 89.4 cm³/mol. The average Bonchev–Trinajstić information content (AvgIpc) is 2.54. The van der Waals surface area contributed by atoms with Gasteiger partial charge in [0.25, 0.3) is 5.91 Å². The van der Waals surface area contributed by atoms with E-state index in [-0.39, 0.29) is 5.91 Å². The number of nitrogens with zero attached hydrogens (tertiary/aromatic N) is 3. The first-order valence-corrected chi connectivity index (χ1v) is 8.13. The number of rotatable bonds is 3. The van der Waals surface area contributed by atoms with Crippen LogP contribution in [-0.4, -0.2) is 53.4 Å². The van der Waals surface area contributed by atoms with Crippen LogP contribution >= 0.6 is 11.6 Å². The van der Waals surface area contributed by atoms with E-state index in [1.807, 2.05) is 23.1 Å². The molecule has 0 aliphatic carbocycles. The molecule has 1 amide bonds. The zero-order valence-electron chi connectivity index (χ0n) is 12.8. The first kappa shape index (κ1) is 15.3. The summed E-state index contributed by atoms with van der Waals surface area (Å²) in [5, 5.41) is 1.63.